The number of Topliss-reactive ketones (excluding diaryl/α,β-unsaturated/α-hetero) is 1. The highest BCUT2D eigenvalue weighted by Gasteiger charge is 2.54. The van der Waals surface area contributed by atoms with E-state index in [0.29, 0.717) is 17.9 Å². The summed E-state index contributed by atoms with van der Waals surface area (Å²) in [4.78, 5) is 63.7. The highest BCUT2D eigenvalue weighted by atomic mass is 79.9. The number of fused-ring (bicyclic) bond motifs is 1. The Morgan fingerprint density at radius 1 is 1.00 bits per heavy atom. The number of halogens is 3. The van der Waals surface area contributed by atoms with Crippen molar-refractivity contribution in [3.05, 3.63) is 74.8 Å². The number of carbonyl (C=O) groups is 4. The zero-order valence-corrected chi connectivity index (χ0v) is 21.9. The molecule has 35 heavy (non-hydrogen) atoms. The summed E-state index contributed by atoms with van der Waals surface area (Å²) in [5.74, 6) is -3.78. The van der Waals surface area contributed by atoms with Crippen molar-refractivity contribution in [2.75, 3.05) is 6.54 Å². The number of non-ortho nitro benzene ring substituents is 1. The molecule has 2 fully saturated rings. The topological polar surface area (TPSA) is 118 Å². The van der Waals surface area contributed by atoms with Gasteiger partial charge in [-0.2, -0.15) is 5.01 Å². The average molecular weight is 628 g/mol. The third kappa shape index (κ3) is 5.03. The molecule has 2 aromatic carbocycles. The molecule has 0 spiro atoms. The van der Waals surface area contributed by atoms with Crippen molar-refractivity contribution in [2.24, 2.45) is 11.8 Å². The standard InChI is InChI=1S/C23H18Br2ClN3O6/c24-18-9-16-17(10-19(18)25)23(33)28(22(16)32)27(21(31)12-4-6-14(26)7-5-12)11-20(30)13-2-1-3-15(8-13)29(34)35/h1-8,16-19H,9-11H2/t16-,17-,18+,19+/m1/s1. The van der Waals surface area contributed by atoms with Crippen LogP contribution >= 0.6 is 43.5 Å². The Bertz CT molecular complexity index is 1200. The molecule has 1 saturated heterocycles. The third-order valence-electron chi connectivity index (χ3n) is 6.13. The predicted octanol–water partition coefficient (Wildman–Crippen LogP) is 4.41. The lowest BCUT2D eigenvalue weighted by molar-refractivity contribution is -0.384. The molecule has 12 heteroatoms. The van der Waals surface area contributed by atoms with Crippen molar-refractivity contribution in [1.29, 1.82) is 0 Å². The zero-order chi connectivity index (χ0) is 25.4. The Morgan fingerprint density at radius 2 is 1.57 bits per heavy atom. The number of carbonyl (C=O) groups excluding carboxylic acids is 4. The number of alkyl halides is 2. The van der Waals surface area contributed by atoms with Crippen LogP contribution in [0.5, 0.6) is 0 Å². The maximum absolute atomic E-state index is 13.5. The van der Waals surface area contributed by atoms with E-state index in [9.17, 15) is 29.3 Å². The first-order chi connectivity index (χ1) is 16.6. The molecule has 0 aromatic heterocycles. The minimum atomic E-state index is -0.744. The molecule has 3 amide bonds. The maximum atomic E-state index is 13.5. The lowest BCUT2D eigenvalue weighted by Gasteiger charge is -2.30. The van der Waals surface area contributed by atoms with Crippen LogP contribution in [0.2, 0.25) is 5.02 Å². The smallest absolute Gasteiger partial charge is 0.273 e. The van der Waals surface area contributed by atoms with E-state index in [0.717, 1.165) is 16.1 Å². The van der Waals surface area contributed by atoms with Gasteiger partial charge in [-0.15, -0.1) is 0 Å². The van der Waals surface area contributed by atoms with Gasteiger partial charge < -0.3 is 0 Å². The fourth-order valence-electron chi connectivity index (χ4n) is 4.31. The maximum Gasteiger partial charge on any atom is 0.273 e. The van der Waals surface area contributed by atoms with Gasteiger partial charge in [0, 0.05) is 37.9 Å². The zero-order valence-electron chi connectivity index (χ0n) is 18.0. The lowest BCUT2D eigenvalue weighted by Crippen LogP contribution is -2.52. The number of rotatable bonds is 6. The van der Waals surface area contributed by atoms with Gasteiger partial charge in [-0.05, 0) is 37.1 Å². The summed E-state index contributed by atoms with van der Waals surface area (Å²) in [6.45, 7) is -0.658. The molecule has 1 saturated carbocycles. The van der Waals surface area contributed by atoms with Gasteiger partial charge in [-0.3, -0.25) is 29.3 Å². The molecule has 4 atom stereocenters. The summed E-state index contributed by atoms with van der Waals surface area (Å²) in [6, 6.07) is 10.9. The fraction of sp³-hybridized carbons (Fsp3) is 0.304. The summed E-state index contributed by atoms with van der Waals surface area (Å²) in [7, 11) is 0. The van der Waals surface area contributed by atoms with Crippen LogP contribution in [0.3, 0.4) is 0 Å². The highest BCUT2D eigenvalue weighted by molar-refractivity contribution is 9.12. The average Bonchev–Trinajstić information content (AvgIpc) is 3.07. The number of nitro groups is 1. The van der Waals surface area contributed by atoms with Crippen molar-refractivity contribution in [1.82, 2.24) is 10.0 Å². The van der Waals surface area contributed by atoms with E-state index in [2.05, 4.69) is 31.9 Å². The molecular formula is C23H18Br2ClN3O6. The van der Waals surface area contributed by atoms with Crippen molar-refractivity contribution in [3.8, 4) is 0 Å². The molecule has 1 heterocycles. The van der Waals surface area contributed by atoms with Crippen molar-refractivity contribution < 1.29 is 24.1 Å². The number of nitrogens with zero attached hydrogens (tertiary/aromatic N) is 3. The van der Waals surface area contributed by atoms with Gasteiger partial charge in [0.25, 0.3) is 23.4 Å². The predicted molar refractivity (Wildman–Crippen MR) is 133 cm³/mol. The summed E-state index contributed by atoms with van der Waals surface area (Å²) in [5.41, 5.74) is -0.198. The minimum absolute atomic E-state index is 0.0225. The second-order valence-corrected chi connectivity index (χ2v) is 11.1. The van der Waals surface area contributed by atoms with Crippen LogP contribution in [-0.2, 0) is 9.59 Å². The van der Waals surface area contributed by atoms with Gasteiger partial charge >= 0.3 is 0 Å². The van der Waals surface area contributed by atoms with E-state index < -0.39 is 46.8 Å². The molecule has 0 unspecified atom stereocenters. The Balaban J connectivity index is 1.70. The van der Waals surface area contributed by atoms with Crippen molar-refractivity contribution >= 4 is 72.7 Å². The number of nitro benzene ring substituents is 1. The second-order valence-electron chi connectivity index (χ2n) is 8.30. The number of hydrazine groups is 1. The summed E-state index contributed by atoms with van der Waals surface area (Å²) in [5, 5.41) is 13.1. The van der Waals surface area contributed by atoms with E-state index >= 15 is 0 Å². The quantitative estimate of drug-likeness (QED) is 0.154. The molecule has 2 aromatic rings. The van der Waals surface area contributed by atoms with Crippen LogP contribution in [0, 0.1) is 22.0 Å². The number of benzene rings is 2. The van der Waals surface area contributed by atoms with Gasteiger partial charge in [-0.25, -0.2) is 5.01 Å². The number of amides is 3. The molecule has 1 aliphatic heterocycles. The summed E-state index contributed by atoms with van der Waals surface area (Å²) >= 11 is 13.0. The van der Waals surface area contributed by atoms with Crippen LogP contribution in [0.1, 0.15) is 33.6 Å². The van der Waals surface area contributed by atoms with Crippen LogP contribution in [0.15, 0.2) is 48.5 Å². The minimum Gasteiger partial charge on any atom is -0.292 e. The molecule has 9 nitrogen and oxygen atoms in total. The first kappa shape index (κ1) is 25.5. The molecule has 1 aliphatic carbocycles. The molecular weight excluding hydrogens is 610 g/mol. The van der Waals surface area contributed by atoms with Crippen LogP contribution in [0.4, 0.5) is 5.69 Å². The van der Waals surface area contributed by atoms with Gasteiger partial charge in [0.05, 0.1) is 16.8 Å². The van der Waals surface area contributed by atoms with Crippen molar-refractivity contribution in [3.63, 3.8) is 0 Å². The van der Waals surface area contributed by atoms with Gasteiger partial charge in [0.2, 0.25) is 0 Å². The Hall–Kier alpha value is -2.63. The number of imide groups is 1. The molecule has 2 aliphatic rings. The SMILES string of the molecule is O=C(CN(C(=O)c1ccc(Cl)cc1)N1C(=O)[C@@H]2C[C@H](Br)[C@@H](Br)C[C@H]2C1=O)c1cccc([N+](=O)[O-])c1. The first-order valence-corrected chi connectivity index (χ1v) is 12.8. The van der Waals surface area contributed by atoms with Crippen molar-refractivity contribution in [2.45, 2.75) is 22.5 Å². The lowest BCUT2D eigenvalue weighted by atomic mass is 9.81. The largest absolute Gasteiger partial charge is 0.292 e. The van der Waals surface area contributed by atoms with E-state index in [-0.39, 0.29) is 26.5 Å². The fourth-order valence-corrected chi connectivity index (χ4v) is 5.67. The third-order valence-corrected chi connectivity index (χ3v) is 9.11. The van der Waals surface area contributed by atoms with Gasteiger partial charge in [0.15, 0.2) is 5.78 Å². The Labute approximate surface area is 221 Å². The van der Waals surface area contributed by atoms with E-state index in [1.165, 1.54) is 42.5 Å². The monoisotopic (exact) mass is 625 g/mol. The highest BCUT2D eigenvalue weighted by Crippen LogP contribution is 2.43. The van der Waals surface area contributed by atoms with E-state index in [1.54, 1.807) is 0 Å². The number of ketones is 1. The van der Waals surface area contributed by atoms with E-state index in [4.69, 9.17) is 11.6 Å². The van der Waals surface area contributed by atoms with Crippen LogP contribution in [-0.4, -0.2) is 54.6 Å². The van der Waals surface area contributed by atoms with Crippen LogP contribution in [0.25, 0.3) is 0 Å². The Morgan fingerprint density at radius 3 is 2.11 bits per heavy atom. The normalized spacial score (nSPS) is 23.7. The molecule has 0 bridgehead atoms. The second kappa shape index (κ2) is 10.2. The molecule has 182 valence electrons. The number of hydrogen-bond acceptors (Lipinski definition) is 6. The van der Waals surface area contributed by atoms with Gasteiger partial charge in [0.1, 0.15) is 6.54 Å². The first-order valence-electron chi connectivity index (χ1n) is 10.6. The molecule has 0 radical (unpaired) electrons. The number of hydrogen-bond donors (Lipinski definition) is 0. The molecule has 4 rings (SSSR count). The van der Waals surface area contributed by atoms with Crippen LogP contribution < -0.4 is 0 Å². The van der Waals surface area contributed by atoms with Gasteiger partial charge in [-0.1, -0.05) is 55.6 Å². The summed E-state index contributed by atoms with van der Waals surface area (Å²) < 4.78 is 0. The molecule has 0 N–H and O–H groups in total. The Kier molecular flexibility index (Phi) is 7.39. The summed E-state index contributed by atoms with van der Waals surface area (Å²) in [6.07, 6.45) is 0.785. The van der Waals surface area contributed by atoms with E-state index in [1.807, 2.05) is 0 Å².